The van der Waals surface area contributed by atoms with E-state index in [4.69, 9.17) is 4.74 Å². The monoisotopic (exact) mass is 406 g/mol. The van der Waals surface area contributed by atoms with Gasteiger partial charge in [0.05, 0.1) is 0 Å². The summed E-state index contributed by atoms with van der Waals surface area (Å²) in [7, 11) is 0. The maximum Gasteiger partial charge on any atom is 0.407 e. The highest BCUT2D eigenvalue weighted by Gasteiger charge is 2.29. The number of thiophene rings is 1. The second kappa shape index (κ2) is 8.49. The molecule has 6 heteroatoms. The van der Waals surface area contributed by atoms with E-state index in [1.165, 1.54) is 11.3 Å². The molecule has 4 rings (SSSR count). The SMILES string of the molecule is O=C([O-])C[C@@H](Cc1ccsc1)NC(=O)OCC1c2ccccc2-c2ccccc21. The lowest BCUT2D eigenvalue weighted by atomic mass is 9.98. The molecular weight excluding hydrogens is 386 g/mol. The molecule has 0 radical (unpaired) electrons. The summed E-state index contributed by atoms with van der Waals surface area (Å²) in [5, 5.41) is 17.6. The van der Waals surface area contributed by atoms with Gasteiger partial charge in [-0.15, -0.1) is 0 Å². The molecule has 29 heavy (non-hydrogen) atoms. The average Bonchev–Trinajstić information content (AvgIpc) is 3.32. The highest BCUT2D eigenvalue weighted by molar-refractivity contribution is 7.07. The number of nitrogens with one attached hydrogen (secondary N) is 1. The van der Waals surface area contributed by atoms with E-state index in [2.05, 4.69) is 29.6 Å². The lowest BCUT2D eigenvalue weighted by Crippen LogP contribution is -2.41. The largest absolute Gasteiger partial charge is 0.550 e. The van der Waals surface area contributed by atoms with Crippen molar-refractivity contribution in [2.75, 3.05) is 6.61 Å². The zero-order valence-corrected chi connectivity index (χ0v) is 16.5. The van der Waals surface area contributed by atoms with Gasteiger partial charge in [-0.1, -0.05) is 48.5 Å². The molecule has 0 fully saturated rings. The van der Waals surface area contributed by atoms with Crippen molar-refractivity contribution in [2.45, 2.75) is 24.8 Å². The van der Waals surface area contributed by atoms with E-state index >= 15 is 0 Å². The van der Waals surface area contributed by atoms with Crippen molar-refractivity contribution < 1.29 is 19.4 Å². The number of carboxylic acid groups (broad SMARTS) is 1. The first-order valence-corrected chi connectivity index (χ1v) is 10.4. The Morgan fingerprint density at radius 1 is 1.03 bits per heavy atom. The molecule has 148 valence electrons. The van der Waals surface area contributed by atoms with Crippen molar-refractivity contribution in [1.29, 1.82) is 0 Å². The number of rotatable bonds is 7. The fourth-order valence-corrected chi connectivity index (χ4v) is 4.56. The summed E-state index contributed by atoms with van der Waals surface area (Å²) in [6.45, 7) is 0.191. The van der Waals surface area contributed by atoms with E-state index in [9.17, 15) is 14.7 Å². The number of fused-ring (bicyclic) bond motifs is 3. The number of carbonyl (C=O) groups is 2. The van der Waals surface area contributed by atoms with Gasteiger partial charge in [0.1, 0.15) is 6.61 Å². The highest BCUT2D eigenvalue weighted by atomic mass is 32.1. The Morgan fingerprint density at radius 2 is 1.69 bits per heavy atom. The van der Waals surface area contributed by atoms with Crippen LogP contribution in [0.2, 0.25) is 0 Å². The molecule has 0 saturated carbocycles. The summed E-state index contributed by atoms with van der Waals surface area (Å²) in [5.74, 6) is -1.24. The third-order valence-electron chi connectivity index (χ3n) is 5.14. The maximum absolute atomic E-state index is 12.4. The molecule has 1 N–H and O–H groups in total. The highest BCUT2D eigenvalue weighted by Crippen LogP contribution is 2.44. The van der Waals surface area contributed by atoms with Crippen LogP contribution in [0.5, 0.6) is 0 Å². The summed E-state index contributed by atoms with van der Waals surface area (Å²) in [5.41, 5.74) is 5.55. The second-order valence-corrected chi connectivity index (χ2v) is 7.86. The molecule has 0 saturated heterocycles. The van der Waals surface area contributed by atoms with Gasteiger partial charge in [-0.25, -0.2) is 4.79 Å². The minimum absolute atomic E-state index is 0.0374. The number of benzene rings is 2. The first kappa shape index (κ1) is 19.2. The molecular formula is C23H20NO4S-. The Bertz CT molecular complexity index is 970. The third kappa shape index (κ3) is 4.32. The van der Waals surface area contributed by atoms with Crippen LogP contribution in [0.1, 0.15) is 29.0 Å². The van der Waals surface area contributed by atoms with Crippen LogP contribution in [-0.2, 0) is 16.0 Å². The number of carbonyl (C=O) groups excluding carboxylic acids is 2. The summed E-state index contributed by atoms with van der Waals surface area (Å²) in [6.07, 6.45) is -0.463. The summed E-state index contributed by atoms with van der Waals surface area (Å²) in [4.78, 5) is 23.5. The number of ether oxygens (including phenoxy) is 1. The van der Waals surface area contributed by atoms with Crippen LogP contribution in [0, 0.1) is 0 Å². The van der Waals surface area contributed by atoms with Gasteiger partial charge >= 0.3 is 6.09 Å². The molecule has 1 aliphatic rings. The number of hydrogen-bond acceptors (Lipinski definition) is 5. The summed E-state index contributed by atoms with van der Waals surface area (Å²) >= 11 is 1.53. The normalized spacial score (nSPS) is 13.4. The van der Waals surface area contributed by atoms with Gasteiger partial charge < -0.3 is 20.0 Å². The maximum atomic E-state index is 12.4. The molecule has 0 bridgehead atoms. The Hall–Kier alpha value is -3.12. The lowest BCUT2D eigenvalue weighted by molar-refractivity contribution is -0.306. The molecule has 1 aromatic heterocycles. The summed E-state index contributed by atoms with van der Waals surface area (Å²) in [6, 6.07) is 17.5. The van der Waals surface area contributed by atoms with E-state index in [-0.39, 0.29) is 18.9 Å². The smallest absolute Gasteiger partial charge is 0.407 e. The minimum Gasteiger partial charge on any atom is -0.550 e. The fraction of sp³-hybridized carbons (Fsp3) is 0.217. The summed E-state index contributed by atoms with van der Waals surface area (Å²) < 4.78 is 5.51. The first-order valence-electron chi connectivity index (χ1n) is 9.44. The van der Waals surface area contributed by atoms with Gasteiger partial charge in [0.15, 0.2) is 0 Å². The van der Waals surface area contributed by atoms with E-state index < -0.39 is 18.1 Å². The number of carboxylic acids is 1. The number of aliphatic carboxylic acids is 1. The molecule has 3 aromatic rings. The van der Waals surface area contributed by atoms with E-state index in [1.807, 2.05) is 41.1 Å². The van der Waals surface area contributed by atoms with Crippen molar-refractivity contribution in [3.05, 3.63) is 82.0 Å². The van der Waals surface area contributed by atoms with Crippen LogP contribution in [0.25, 0.3) is 11.1 Å². The predicted molar refractivity (Wildman–Crippen MR) is 110 cm³/mol. The van der Waals surface area contributed by atoms with Crippen molar-refractivity contribution in [3.63, 3.8) is 0 Å². The zero-order valence-electron chi connectivity index (χ0n) is 15.7. The predicted octanol–water partition coefficient (Wildman–Crippen LogP) is 3.34. The Balaban J connectivity index is 1.43. The molecule has 0 unspecified atom stereocenters. The number of amides is 1. The van der Waals surface area contributed by atoms with Crippen LogP contribution < -0.4 is 10.4 Å². The van der Waals surface area contributed by atoms with Crippen molar-refractivity contribution in [1.82, 2.24) is 5.32 Å². The third-order valence-corrected chi connectivity index (χ3v) is 5.87. The first-order chi connectivity index (χ1) is 14.1. The molecule has 1 amide bonds. The molecule has 1 atom stereocenters. The van der Waals surface area contributed by atoms with Gasteiger partial charge in [-0.05, 0) is 51.1 Å². The van der Waals surface area contributed by atoms with E-state index in [0.29, 0.717) is 6.42 Å². The Labute approximate surface area is 173 Å². The Kier molecular flexibility index (Phi) is 5.62. The molecule has 1 heterocycles. The average molecular weight is 406 g/mol. The lowest BCUT2D eigenvalue weighted by Gasteiger charge is -2.20. The van der Waals surface area contributed by atoms with Crippen LogP contribution in [-0.4, -0.2) is 24.7 Å². The molecule has 1 aliphatic carbocycles. The molecule has 0 spiro atoms. The number of hydrogen-bond donors (Lipinski definition) is 1. The minimum atomic E-state index is -1.20. The standard InChI is InChI=1S/C23H21NO4S/c25-22(26)12-16(11-15-9-10-29-14-15)24-23(27)28-13-21-19-7-3-1-5-17(19)18-6-2-4-8-20(18)21/h1-10,14,16,21H,11-13H2,(H,24,27)(H,25,26)/p-1/t16-/m1/s1. The Morgan fingerprint density at radius 3 is 2.28 bits per heavy atom. The second-order valence-electron chi connectivity index (χ2n) is 7.08. The molecule has 0 aliphatic heterocycles. The fourth-order valence-electron chi connectivity index (χ4n) is 3.88. The number of alkyl carbamates (subject to hydrolysis) is 1. The van der Waals surface area contributed by atoms with E-state index in [0.717, 1.165) is 27.8 Å². The van der Waals surface area contributed by atoms with Crippen molar-refractivity contribution in [2.24, 2.45) is 0 Å². The van der Waals surface area contributed by atoms with Gasteiger partial charge in [0.25, 0.3) is 0 Å². The molecule has 5 nitrogen and oxygen atoms in total. The van der Waals surface area contributed by atoms with Crippen LogP contribution in [0.4, 0.5) is 4.79 Å². The van der Waals surface area contributed by atoms with Gasteiger partial charge in [0.2, 0.25) is 0 Å². The van der Waals surface area contributed by atoms with Crippen LogP contribution in [0.3, 0.4) is 0 Å². The molecule has 2 aromatic carbocycles. The van der Waals surface area contributed by atoms with Crippen LogP contribution >= 0.6 is 11.3 Å². The van der Waals surface area contributed by atoms with E-state index in [1.54, 1.807) is 0 Å². The van der Waals surface area contributed by atoms with Gasteiger partial charge in [-0.3, -0.25) is 0 Å². The van der Waals surface area contributed by atoms with Crippen molar-refractivity contribution in [3.8, 4) is 11.1 Å². The zero-order chi connectivity index (χ0) is 20.2. The van der Waals surface area contributed by atoms with Crippen molar-refractivity contribution >= 4 is 23.4 Å². The quantitative estimate of drug-likeness (QED) is 0.653. The topological polar surface area (TPSA) is 78.5 Å². The van der Waals surface area contributed by atoms with Crippen LogP contribution in [0.15, 0.2) is 65.4 Å². The van der Waals surface area contributed by atoms with Gasteiger partial charge in [-0.2, -0.15) is 11.3 Å². The van der Waals surface area contributed by atoms with Gasteiger partial charge in [0, 0.05) is 24.3 Å².